The minimum Gasteiger partial charge on any atom is -0.480 e. The lowest BCUT2D eigenvalue weighted by atomic mass is 10.3. The van der Waals surface area contributed by atoms with Gasteiger partial charge in [-0.2, -0.15) is 5.10 Å². The van der Waals surface area contributed by atoms with Crippen molar-refractivity contribution >= 4 is 23.8 Å². The molecule has 0 aromatic carbocycles. The van der Waals surface area contributed by atoms with Gasteiger partial charge in [-0.15, -0.1) is 11.8 Å². The van der Waals surface area contributed by atoms with Gasteiger partial charge in [-0.25, -0.2) is 14.6 Å². The smallest absolute Gasteiger partial charge is 0.327 e. The monoisotopic (exact) mass is 285 g/mol. The van der Waals surface area contributed by atoms with Crippen molar-refractivity contribution in [2.75, 3.05) is 18.2 Å². The van der Waals surface area contributed by atoms with Crippen molar-refractivity contribution in [2.24, 2.45) is 7.05 Å². The van der Waals surface area contributed by atoms with Crippen LogP contribution in [0.5, 0.6) is 0 Å². The van der Waals surface area contributed by atoms with Crippen molar-refractivity contribution in [3.63, 3.8) is 0 Å². The van der Waals surface area contributed by atoms with E-state index in [9.17, 15) is 9.59 Å². The van der Waals surface area contributed by atoms with Gasteiger partial charge in [0.2, 0.25) is 0 Å². The number of aliphatic carboxylic acids is 1. The maximum Gasteiger partial charge on any atom is 0.327 e. The van der Waals surface area contributed by atoms with Gasteiger partial charge in [0.1, 0.15) is 12.4 Å². The molecule has 1 unspecified atom stereocenters. The number of carbonyl (C=O) groups is 2. The number of amides is 2. The molecule has 0 aliphatic carbocycles. The number of aromatic nitrogens is 3. The molecule has 0 spiro atoms. The largest absolute Gasteiger partial charge is 0.480 e. The van der Waals surface area contributed by atoms with Crippen LogP contribution < -0.4 is 5.32 Å². The first-order valence-electron chi connectivity index (χ1n) is 5.77. The zero-order valence-electron chi connectivity index (χ0n) is 10.4. The van der Waals surface area contributed by atoms with Crippen LogP contribution in [0.2, 0.25) is 0 Å². The Kier molecular flexibility index (Phi) is 4.25. The molecule has 2 amide bonds. The third kappa shape index (κ3) is 3.37. The summed E-state index contributed by atoms with van der Waals surface area (Å²) in [6.07, 6.45) is 2.11. The molecule has 2 heterocycles. The van der Waals surface area contributed by atoms with E-state index >= 15 is 0 Å². The van der Waals surface area contributed by atoms with Gasteiger partial charge in [-0.1, -0.05) is 0 Å². The molecule has 1 aromatic heterocycles. The van der Waals surface area contributed by atoms with E-state index in [1.807, 2.05) is 0 Å². The molecular formula is C10H15N5O3S. The maximum atomic E-state index is 11.8. The van der Waals surface area contributed by atoms with Crippen molar-refractivity contribution in [1.82, 2.24) is 25.0 Å². The molecule has 1 aliphatic rings. The highest BCUT2D eigenvalue weighted by atomic mass is 32.2. The lowest BCUT2D eigenvalue weighted by molar-refractivity contribution is -0.140. The Morgan fingerprint density at radius 2 is 2.42 bits per heavy atom. The highest BCUT2D eigenvalue weighted by Crippen LogP contribution is 2.20. The molecule has 1 atom stereocenters. The third-order valence-electron chi connectivity index (χ3n) is 2.70. The van der Waals surface area contributed by atoms with Gasteiger partial charge in [0, 0.05) is 25.8 Å². The number of thioether (sulfide) groups is 1. The number of carbonyl (C=O) groups excluding carboxylic acids is 1. The lowest BCUT2D eigenvalue weighted by Crippen LogP contribution is -2.47. The predicted molar refractivity (Wildman–Crippen MR) is 68.7 cm³/mol. The van der Waals surface area contributed by atoms with Crippen LogP contribution in [0.1, 0.15) is 5.82 Å². The summed E-state index contributed by atoms with van der Waals surface area (Å²) in [7, 11) is 1.77. The third-order valence-corrected chi connectivity index (χ3v) is 3.71. The lowest BCUT2D eigenvalue weighted by Gasteiger charge is -2.20. The second-order valence-corrected chi connectivity index (χ2v) is 5.14. The Morgan fingerprint density at radius 3 is 3.05 bits per heavy atom. The van der Waals surface area contributed by atoms with Crippen molar-refractivity contribution < 1.29 is 14.7 Å². The van der Waals surface area contributed by atoms with Gasteiger partial charge in [-0.05, 0) is 0 Å². The maximum absolute atomic E-state index is 11.8. The first-order valence-corrected chi connectivity index (χ1v) is 6.93. The highest BCUT2D eigenvalue weighted by molar-refractivity contribution is 7.99. The number of nitrogens with one attached hydrogen (secondary N) is 1. The Labute approximate surface area is 114 Å². The number of aryl methyl sites for hydroxylation is 1. The van der Waals surface area contributed by atoms with E-state index in [2.05, 4.69) is 15.4 Å². The zero-order chi connectivity index (χ0) is 13.8. The van der Waals surface area contributed by atoms with Gasteiger partial charge in [0.25, 0.3) is 0 Å². The van der Waals surface area contributed by atoms with Crippen LogP contribution in [0.15, 0.2) is 6.33 Å². The van der Waals surface area contributed by atoms with E-state index < -0.39 is 12.0 Å². The Bertz CT molecular complexity index is 477. The number of carboxylic acid groups (broad SMARTS) is 1. The van der Waals surface area contributed by atoms with Crippen LogP contribution in [0.25, 0.3) is 0 Å². The van der Waals surface area contributed by atoms with E-state index in [4.69, 9.17) is 5.11 Å². The van der Waals surface area contributed by atoms with Gasteiger partial charge in [-0.3, -0.25) is 4.68 Å². The molecule has 1 saturated heterocycles. The molecule has 104 valence electrons. The molecule has 9 heteroatoms. The quantitative estimate of drug-likeness (QED) is 0.775. The normalized spacial score (nSPS) is 18.6. The number of hydrogen-bond donors (Lipinski definition) is 2. The standard InChI is InChI=1S/C10H15N5O3S/c1-14-5-12-8(13-14)2-3-11-10(18)15-6-19-4-7(15)9(16)17/h5,7H,2-4,6H2,1H3,(H,11,18)(H,16,17). The molecule has 2 rings (SSSR count). The molecule has 1 fully saturated rings. The second kappa shape index (κ2) is 5.91. The SMILES string of the molecule is Cn1cnc(CCNC(=O)N2CSCC2C(=O)O)n1. The summed E-state index contributed by atoms with van der Waals surface area (Å²) in [5.74, 6) is 0.523. The molecule has 1 aromatic rings. The predicted octanol–water partition coefficient (Wildman–Crippen LogP) is -0.473. The fourth-order valence-electron chi connectivity index (χ4n) is 1.73. The summed E-state index contributed by atoms with van der Waals surface area (Å²) >= 11 is 1.44. The molecular weight excluding hydrogens is 270 g/mol. The minimum absolute atomic E-state index is 0.353. The van der Waals surface area contributed by atoms with Crippen LogP contribution in [0.3, 0.4) is 0 Å². The fraction of sp³-hybridized carbons (Fsp3) is 0.600. The van der Waals surface area contributed by atoms with E-state index in [0.717, 1.165) is 0 Å². The molecule has 0 saturated carbocycles. The van der Waals surface area contributed by atoms with Crippen LogP contribution in [-0.4, -0.2) is 61.0 Å². The minimum atomic E-state index is -0.966. The molecule has 2 N–H and O–H groups in total. The Hall–Kier alpha value is -1.77. The molecule has 8 nitrogen and oxygen atoms in total. The summed E-state index contributed by atoms with van der Waals surface area (Å²) in [6, 6.07) is -1.09. The summed E-state index contributed by atoms with van der Waals surface area (Å²) in [5.41, 5.74) is 0. The zero-order valence-corrected chi connectivity index (χ0v) is 11.3. The topological polar surface area (TPSA) is 100 Å². The van der Waals surface area contributed by atoms with Crippen molar-refractivity contribution in [3.8, 4) is 0 Å². The highest BCUT2D eigenvalue weighted by Gasteiger charge is 2.34. The van der Waals surface area contributed by atoms with Gasteiger partial charge in [0.05, 0.1) is 5.88 Å². The Balaban J connectivity index is 1.79. The van der Waals surface area contributed by atoms with E-state index in [1.165, 1.54) is 16.7 Å². The summed E-state index contributed by atoms with van der Waals surface area (Å²) in [6.45, 7) is 0.385. The molecule has 0 bridgehead atoms. The first-order chi connectivity index (χ1) is 9.08. The van der Waals surface area contributed by atoms with Crippen molar-refractivity contribution in [3.05, 3.63) is 12.2 Å². The summed E-state index contributed by atoms with van der Waals surface area (Å²) in [4.78, 5) is 28.2. The van der Waals surface area contributed by atoms with Gasteiger partial charge < -0.3 is 15.3 Å². The van der Waals surface area contributed by atoms with E-state index in [0.29, 0.717) is 30.4 Å². The van der Waals surface area contributed by atoms with Gasteiger partial charge in [0.15, 0.2) is 5.82 Å². The van der Waals surface area contributed by atoms with Crippen molar-refractivity contribution in [2.45, 2.75) is 12.5 Å². The average Bonchev–Trinajstić information content (AvgIpc) is 2.97. The number of nitrogens with zero attached hydrogens (tertiary/aromatic N) is 4. The number of urea groups is 1. The van der Waals surface area contributed by atoms with Gasteiger partial charge >= 0.3 is 12.0 Å². The van der Waals surface area contributed by atoms with Crippen LogP contribution in [-0.2, 0) is 18.3 Å². The molecule has 19 heavy (non-hydrogen) atoms. The van der Waals surface area contributed by atoms with E-state index in [1.54, 1.807) is 18.1 Å². The average molecular weight is 285 g/mol. The van der Waals surface area contributed by atoms with E-state index in [-0.39, 0.29) is 6.03 Å². The number of rotatable bonds is 4. The summed E-state index contributed by atoms with van der Waals surface area (Å²) < 4.78 is 1.59. The van der Waals surface area contributed by atoms with Crippen LogP contribution in [0.4, 0.5) is 4.79 Å². The number of carboxylic acids is 1. The van der Waals surface area contributed by atoms with Crippen LogP contribution >= 0.6 is 11.8 Å². The Morgan fingerprint density at radius 1 is 1.63 bits per heavy atom. The molecule has 1 aliphatic heterocycles. The first kappa shape index (κ1) is 13.7. The second-order valence-electron chi connectivity index (χ2n) is 4.14. The van der Waals surface area contributed by atoms with Crippen molar-refractivity contribution in [1.29, 1.82) is 0 Å². The number of hydrogen-bond acceptors (Lipinski definition) is 5. The van der Waals surface area contributed by atoms with Crippen LogP contribution in [0, 0.1) is 0 Å². The fourth-order valence-corrected chi connectivity index (χ4v) is 2.87. The molecule has 0 radical (unpaired) electrons. The summed E-state index contributed by atoms with van der Waals surface area (Å²) in [5, 5.41) is 15.8.